The molecule has 110 valence electrons. The lowest BCUT2D eigenvalue weighted by Gasteiger charge is -2.32. The predicted octanol–water partition coefficient (Wildman–Crippen LogP) is 2.43. The van der Waals surface area contributed by atoms with Gasteiger partial charge in [0, 0.05) is 31.6 Å². The SMILES string of the molecule is COCCOCCCN=C1NC2(CCCCC2)CS1. The maximum absolute atomic E-state index is 5.43. The first kappa shape index (κ1) is 15.1. The van der Waals surface area contributed by atoms with Crippen LogP contribution in [0.25, 0.3) is 0 Å². The van der Waals surface area contributed by atoms with E-state index in [9.17, 15) is 0 Å². The number of aliphatic imine (C=N–C) groups is 1. The molecule has 1 N–H and O–H groups in total. The summed E-state index contributed by atoms with van der Waals surface area (Å²) in [4.78, 5) is 4.65. The van der Waals surface area contributed by atoms with E-state index in [1.54, 1.807) is 7.11 Å². The molecule has 2 rings (SSSR count). The standard InChI is InChI=1S/C14H26N2O2S/c1-17-10-11-18-9-5-8-15-13-16-14(12-19-13)6-3-2-4-7-14/h2-12H2,1H3,(H,15,16). The summed E-state index contributed by atoms with van der Waals surface area (Å²) < 4.78 is 10.4. The molecular weight excluding hydrogens is 260 g/mol. The summed E-state index contributed by atoms with van der Waals surface area (Å²) in [6.45, 7) is 2.99. The molecule has 0 unspecified atom stereocenters. The quantitative estimate of drug-likeness (QED) is 0.730. The number of ether oxygens (including phenoxy) is 2. The summed E-state index contributed by atoms with van der Waals surface area (Å²) in [6.07, 6.45) is 7.77. The summed E-state index contributed by atoms with van der Waals surface area (Å²) in [5, 5.41) is 4.82. The Bertz CT molecular complexity index is 291. The maximum atomic E-state index is 5.43. The number of thioether (sulfide) groups is 1. The number of hydrogen-bond donors (Lipinski definition) is 1. The fraction of sp³-hybridized carbons (Fsp3) is 0.929. The van der Waals surface area contributed by atoms with E-state index in [4.69, 9.17) is 9.47 Å². The van der Waals surface area contributed by atoms with Gasteiger partial charge in [-0.2, -0.15) is 0 Å². The second-order valence-electron chi connectivity index (χ2n) is 5.40. The van der Waals surface area contributed by atoms with Gasteiger partial charge < -0.3 is 14.8 Å². The zero-order valence-electron chi connectivity index (χ0n) is 12.0. The van der Waals surface area contributed by atoms with Crippen LogP contribution in [0.3, 0.4) is 0 Å². The van der Waals surface area contributed by atoms with Gasteiger partial charge in [-0.3, -0.25) is 4.99 Å². The van der Waals surface area contributed by atoms with Gasteiger partial charge in [-0.15, -0.1) is 0 Å². The Morgan fingerprint density at radius 1 is 1.21 bits per heavy atom. The summed E-state index contributed by atoms with van der Waals surface area (Å²) >= 11 is 1.90. The van der Waals surface area contributed by atoms with Crippen molar-refractivity contribution in [2.75, 3.05) is 39.2 Å². The molecule has 0 aromatic rings. The van der Waals surface area contributed by atoms with Crippen molar-refractivity contribution in [2.24, 2.45) is 4.99 Å². The number of methoxy groups -OCH3 is 1. The van der Waals surface area contributed by atoms with E-state index in [1.165, 1.54) is 37.9 Å². The normalized spacial score (nSPS) is 23.9. The highest BCUT2D eigenvalue weighted by Crippen LogP contribution is 2.36. The van der Waals surface area contributed by atoms with E-state index in [1.807, 2.05) is 11.8 Å². The Morgan fingerprint density at radius 2 is 2.05 bits per heavy atom. The minimum atomic E-state index is 0.372. The van der Waals surface area contributed by atoms with Crippen LogP contribution < -0.4 is 5.32 Å². The van der Waals surface area contributed by atoms with Crippen molar-refractivity contribution in [3.05, 3.63) is 0 Å². The third-order valence-electron chi connectivity index (χ3n) is 3.80. The molecule has 1 spiro atoms. The average molecular weight is 286 g/mol. The first-order valence-electron chi connectivity index (χ1n) is 7.37. The molecule has 0 radical (unpaired) electrons. The van der Waals surface area contributed by atoms with Crippen molar-refractivity contribution >= 4 is 16.9 Å². The number of hydrogen-bond acceptors (Lipinski definition) is 4. The van der Waals surface area contributed by atoms with Crippen LogP contribution in [-0.4, -0.2) is 49.9 Å². The Morgan fingerprint density at radius 3 is 2.84 bits per heavy atom. The van der Waals surface area contributed by atoms with E-state index in [-0.39, 0.29) is 0 Å². The number of nitrogens with one attached hydrogen (secondary N) is 1. The van der Waals surface area contributed by atoms with Crippen LogP contribution in [0.5, 0.6) is 0 Å². The first-order chi connectivity index (χ1) is 9.35. The van der Waals surface area contributed by atoms with Crippen molar-refractivity contribution in [1.29, 1.82) is 0 Å². The van der Waals surface area contributed by atoms with Crippen LogP contribution in [0.4, 0.5) is 0 Å². The molecule has 5 heteroatoms. The van der Waals surface area contributed by atoms with Gasteiger partial charge in [0.1, 0.15) is 0 Å². The van der Waals surface area contributed by atoms with Crippen LogP contribution in [0.2, 0.25) is 0 Å². The molecule has 2 aliphatic rings. The van der Waals surface area contributed by atoms with Crippen LogP contribution >= 0.6 is 11.8 Å². The van der Waals surface area contributed by atoms with Gasteiger partial charge in [0.05, 0.1) is 13.2 Å². The van der Waals surface area contributed by atoms with Crippen LogP contribution in [0.15, 0.2) is 4.99 Å². The average Bonchev–Trinajstić information content (AvgIpc) is 2.81. The van der Waals surface area contributed by atoms with E-state index in [0.29, 0.717) is 18.8 Å². The van der Waals surface area contributed by atoms with E-state index < -0.39 is 0 Å². The molecule has 1 aliphatic heterocycles. The van der Waals surface area contributed by atoms with Gasteiger partial charge in [0.2, 0.25) is 0 Å². The van der Waals surface area contributed by atoms with Crippen molar-refractivity contribution < 1.29 is 9.47 Å². The molecule has 0 aromatic carbocycles. The lowest BCUT2D eigenvalue weighted by atomic mass is 9.83. The molecule has 1 saturated heterocycles. The van der Waals surface area contributed by atoms with E-state index in [0.717, 1.165) is 24.7 Å². The second kappa shape index (κ2) is 8.12. The minimum Gasteiger partial charge on any atom is -0.382 e. The maximum Gasteiger partial charge on any atom is 0.157 e. The molecule has 0 amide bonds. The topological polar surface area (TPSA) is 42.9 Å². The first-order valence-corrected chi connectivity index (χ1v) is 8.35. The molecule has 0 aromatic heterocycles. The van der Waals surface area contributed by atoms with Crippen molar-refractivity contribution in [3.8, 4) is 0 Å². The Kier molecular flexibility index (Phi) is 6.47. The highest BCUT2D eigenvalue weighted by molar-refractivity contribution is 8.14. The van der Waals surface area contributed by atoms with Crippen LogP contribution in [-0.2, 0) is 9.47 Å². The molecule has 1 heterocycles. The molecule has 0 bridgehead atoms. The van der Waals surface area contributed by atoms with Gasteiger partial charge in [-0.1, -0.05) is 31.0 Å². The molecule has 2 fully saturated rings. The third-order valence-corrected chi connectivity index (χ3v) is 5.00. The highest BCUT2D eigenvalue weighted by Gasteiger charge is 2.37. The summed E-state index contributed by atoms with van der Waals surface area (Å²) in [7, 11) is 1.69. The lowest BCUT2D eigenvalue weighted by Crippen LogP contribution is -2.45. The zero-order chi connectivity index (χ0) is 13.4. The highest BCUT2D eigenvalue weighted by atomic mass is 32.2. The molecule has 1 aliphatic carbocycles. The van der Waals surface area contributed by atoms with Crippen LogP contribution in [0.1, 0.15) is 38.5 Å². The fourth-order valence-corrected chi connectivity index (χ4v) is 3.93. The molecule has 19 heavy (non-hydrogen) atoms. The largest absolute Gasteiger partial charge is 0.382 e. The Balaban J connectivity index is 1.59. The molecule has 0 atom stereocenters. The Labute approximate surface area is 120 Å². The van der Waals surface area contributed by atoms with E-state index in [2.05, 4.69) is 10.3 Å². The van der Waals surface area contributed by atoms with Crippen molar-refractivity contribution in [1.82, 2.24) is 5.32 Å². The monoisotopic (exact) mass is 286 g/mol. The van der Waals surface area contributed by atoms with E-state index >= 15 is 0 Å². The summed E-state index contributed by atoms with van der Waals surface area (Å²) in [6, 6.07) is 0. The fourth-order valence-electron chi connectivity index (χ4n) is 2.68. The van der Waals surface area contributed by atoms with Gasteiger partial charge in [0.15, 0.2) is 5.17 Å². The van der Waals surface area contributed by atoms with Gasteiger partial charge >= 0.3 is 0 Å². The summed E-state index contributed by atoms with van der Waals surface area (Å²) in [5.41, 5.74) is 0.372. The second-order valence-corrected chi connectivity index (χ2v) is 6.36. The van der Waals surface area contributed by atoms with Gasteiger partial charge in [0.25, 0.3) is 0 Å². The number of rotatable bonds is 7. The van der Waals surface area contributed by atoms with Gasteiger partial charge in [-0.05, 0) is 19.3 Å². The van der Waals surface area contributed by atoms with Crippen molar-refractivity contribution in [3.63, 3.8) is 0 Å². The van der Waals surface area contributed by atoms with Crippen molar-refractivity contribution in [2.45, 2.75) is 44.1 Å². The smallest absolute Gasteiger partial charge is 0.157 e. The molecular formula is C14H26N2O2S. The number of amidine groups is 1. The molecule has 4 nitrogen and oxygen atoms in total. The lowest BCUT2D eigenvalue weighted by molar-refractivity contribution is 0.0702. The Hall–Kier alpha value is -0.260. The molecule has 1 saturated carbocycles. The zero-order valence-corrected chi connectivity index (χ0v) is 12.8. The third kappa shape index (κ3) is 4.97. The van der Waals surface area contributed by atoms with Gasteiger partial charge in [-0.25, -0.2) is 0 Å². The predicted molar refractivity (Wildman–Crippen MR) is 81.0 cm³/mol. The summed E-state index contributed by atoms with van der Waals surface area (Å²) in [5.74, 6) is 1.20. The minimum absolute atomic E-state index is 0.372. The number of nitrogens with zero attached hydrogens (tertiary/aromatic N) is 1. The van der Waals surface area contributed by atoms with Crippen LogP contribution in [0, 0.1) is 0 Å².